The predicted octanol–water partition coefficient (Wildman–Crippen LogP) is 4.64. The summed E-state index contributed by atoms with van der Waals surface area (Å²) in [7, 11) is 0. The maximum atomic E-state index is 14.0. The summed E-state index contributed by atoms with van der Waals surface area (Å²) in [5.41, 5.74) is 5.57. The van der Waals surface area contributed by atoms with Gasteiger partial charge in [-0.3, -0.25) is 0 Å². The monoisotopic (exact) mass is 285 g/mol. The van der Waals surface area contributed by atoms with Crippen LogP contribution in [0.25, 0.3) is 0 Å². The molecule has 20 heavy (non-hydrogen) atoms. The lowest BCUT2D eigenvalue weighted by Gasteiger charge is -2.29. The second-order valence-electron chi connectivity index (χ2n) is 5.96. The lowest BCUT2D eigenvalue weighted by atomic mass is 9.83. The Morgan fingerprint density at radius 1 is 1.15 bits per heavy atom. The highest BCUT2D eigenvalue weighted by Crippen LogP contribution is 2.38. The van der Waals surface area contributed by atoms with Crippen LogP contribution in [0, 0.1) is 23.4 Å². The summed E-state index contributed by atoms with van der Waals surface area (Å²) in [6, 6.07) is 2.27. The minimum absolute atomic E-state index is 0.119. The number of rotatable bonds is 3. The first-order chi connectivity index (χ1) is 9.48. The minimum atomic E-state index is -1.42. The van der Waals surface area contributed by atoms with Gasteiger partial charge in [-0.05, 0) is 31.2 Å². The van der Waals surface area contributed by atoms with Gasteiger partial charge < -0.3 is 5.73 Å². The first-order valence-corrected chi connectivity index (χ1v) is 7.41. The molecular formula is C16H22F3N. The molecule has 2 unspecified atom stereocenters. The molecule has 1 aromatic rings. The third-order valence-electron chi connectivity index (χ3n) is 4.50. The molecule has 2 rings (SSSR count). The van der Waals surface area contributed by atoms with E-state index in [2.05, 4.69) is 6.92 Å². The smallest absolute Gasteiger partial charge is 0.194 e. The van der Waals surface area contributed by atoms with Gasteiger partial charge in [-0.2, -0.15) is 0 Å². The Bertz CT molecular complexity index is 475. The van der Waals surface area contributed by atoms with Crippen molar-refractivity contribution in [1.82, 2.24) is 0 Å². The first-order valence-electron chi connectivity index (χ1n) is 7.41. The van der Waals surface area contributed by atoms with Gasteiger partial charge in [0.25, 0.3) is 0 Å². The molecule has 0 heterocycles. The van der Waals surface area contributed by atoms with Crippen LogP contribution in [0.3, 0.4) is 0 Å². The van der Waals surface area contributed by atoms with Gasteiger partial charge in [0.2, 0.25) is 0 Å². The molecular weight excluding hydrogens is 263 g/mol. The first kappa shape index (κ1) is 15.4. The molecule has 0 radical (unpaired) electrons. The molecule has 0 saturated heterocycles. The van der Waals surface area contributed by atoms with Gasteiger partial charge in [-0.25, -0.2) is 13.2 Å². The van der Waals surface area contributed by atoms with E-state index in [1.807, 2.05) is 0 Å². The molecule has 0 bridgehead atoms. The second kappa shape index (κ2) is 6.17. The van der Waals surface area contributed by atoms with Gasteiger partial charge in [0.1, 0.15) is 0 Å². The fourth-order valence-corrected chi connectivity index (χ4v) is 3.31. The Morgan fingerprint density at radius 3 is 2.60 bits per heavy atom. The van der Waals surface area contributed by atoms with Crippen molar-refractivity contribution in [3.05, 3.63) is 35.1 Å². The van der Waals surface area contributed by atoms with Crippen LogP contribution in [-0.4, -0.2) is 0 Å². The summed E-state index contributed by atoms with van der Waals surface area (Å²) < 4.78 is 40.4. The highest BCUT2D eigenvalue weighted by Gasteiger charge is 2.34. The Hall–Kier alpha value is -1.03. The Labute approximate surface area is 118 Å². The van der Waals surface area contributed by atoms with Crippen molar-refractivity contribution < 1.29 is 13.2 Å². The third kappa shape index (κ3) is 3.00. The van der Waals surface area contributed by atoms with Gasteiger partial charge >= 0.3 is 0 Å². The molecule has 112 valence electrons. The summed E-state index contributed by atoms with van der Waals surface area (Å²) >= 11 is 0. The molecule has 2 N–H and O–H groups in total. The molecule has 4 heteroatoms. The molecule has 0 aromatic heterocycles. The molecule has 1 aliphatic rings. The van der Waals surface area contributed by atoms with Gasteiger partial charge in [0, 0.05) is 11.1 Å². The second-order valence-corrected chi connectivity index (χ2v) is 5.96. The Balaban J connectivity index is 2.25. The number of hydrogen-bond donors (Lipinski definition) is 1. The average molecular weight is 285 g/mol. The third-order valence-corrected chi connectivity index (χ3v) is 4.50. The summed E-state index contributed by atoms with van der Waals surface area (Å²) in [4.78, 5) is 0. The zero-order valence-electron chi connectivity index (χ0n) is 11.9. The van der Waals surface area contributed by atoms with Crippen molar-refractivity contribution in [2.45, 2.75) is 57.4 Å². The molecule has 0 spiro atoms. The fourth-order valence-electron chi connectivity index (χ4n) is 3.31. The fraction of sp³-hybridized carbons (Fsp3) is 0.625. The molecule has 1 nitrogen and oxygen atoms in total. The van der Waals surface area contributed by atoms with Crippen LogP contribution in [0.5, 0.6) is 0 Å². The van der Waals surface area contributed by atoms with E-state index in [-0.39, 0.29) is 5.56 Å². The maximum absolute atomic E-state index is 14.0. The van der Waals surface area contributed by atoms with Crippen molar-refractivity contribution in [2.24, 2.45) is 11.7 Å². The zero-order chi connectivity index (χ0) is 14.8. The lowest BCUT2D eigenvalue weighted by Crippen LogP contribution is -2.37. The summed E-state index contributed by atoms with van der Waals surface area (Å²) in [5, 5.41) is 0. The predicted molar refractivity (Wildman–Crippen MR) is 73.7 cm³/mol. The van der Waals surface area contributed by atoms with E-state index in [0.717, 1.165) is 38.2 Å². The van der Waals surface area contributed by atoms with Crippen LogP contribution in [-0.2, 0) is 5.54 Å². The van der Waals surface area contributed by atoms with Crippen molar-refractivity contribution in [3.8, 4) is 0 Å². The maximum Gasteiger partial charge on any atom is 0.194 e. The van der Waals surface area contributed by atoms with Gasteiger partial charge in [0.05, 0.1) is 0 Å². The molecule has 1 aromatic carbocycles. The average Bonchev–Trinajstić information content (AvgIpc) is 2.60. The molecule has 2 atom stereocenters. The Kier molecular flexibility index (Phi) is 4.74. The van der Waals surface area contributed by atoms with Gasteiger partial charge in [-0.15, -0.1) is 0 Å². The van der Waals surface area contributed by atoms with Crippen molar-refractivity contribution >= 4 is 0 Å². The number of halogens is 3. The summed E-state index contributed by atoms with van der Waals surface area (Å²) in [6.07, 6.45) is 6.42. The summed E-state index contributed by atoms with van der Waals surface area (Å²) in [6.45, 7) is 2.15. The van der Waals surface area contributed by atoms with Crippen molar-refractivity contribution in [3.63, 3.8) is 0 Å². The molecule has 1 fully saturated rings. The molecule has 0 amide bonds. The van der Waals surface area contributed by atoms with E-state index in [9.17, 15) is 13.2 Å². The minimum Gasteiger partial charge on any atom is -0.321 e. The Morgan fingerprint density at radius 2 is 1.90 bits per heavy atom. The molecule has 0 aliphatic heterocycles. The zero-order valence-corrected chi connectivity index (χ0v) is 11.9. The van der Waals surface area contributed by atoms with E-state index < -0.39 is 23.0 Å². The van der Waals surface area contributed by atoms with Gasteiger partial charge in [-0.1, -0.05) is 38.7 Å². The highest BCUT2D eigenvalue weighted by atomic mass is 19.2. The van der Waals surface area contributed by atoms with Crippen LogP contribution in [0.1, 0.15) is 57.4 Å². The standard InChI is InChI=1S/C16H22F3N/c1-2-4-11-5-3-9-16(20,10-8-11)12-6-7-13(17)15(19)14(12)18/h6-7,11H,2-5,8-10,20H2,1H3. The van der Waals surface area contributed by atoms with Crippen LogP contribution in [0.2, 0.25) is 0 Å². The number of nitrogens with two attached hydrogens (primary N) is 1. The van der Waals surface area contributed by atoms with Crippen LogP contribution in [0.15, 0.2) is 12.1 Å². The molecule has 1 saturated carbocycles. The van der Waals surface area contributed by atoms with E-state index in [4.69, 9.17) is 5.73 Å². The van der Waals surface area contributed by atoms with Crippen LogP contribution >= 0.6 is 0 Å². The number of hydrogen-bond acceptors (Lipinski definition) is 1. The van der Waals surface area contributed by atoms with Crippen LogP contribution < -0.4 is 5.73 Å². The largest absolute Gasteiger partial charge is 0.321 e. The van der Waals surface area contributed by atoms with Gasteiger partial charge in [0.15, 0.2) is 17.5 Å². The van der Waals surface area contributed by atoms with Crippen molar-refractivity contribution in [1.29, 1.82) is 0 Å². The lowest BCUT2D eigenvalue weighted by molar-refractivity contribution is 0.342. The van der Waals surface area contributed by atoms with E-state index in [0.29, 0.717) is 18.8 Å². The van der Waals surface area contributed by atoms with E-state index >= 15 is 0 Å². The topological polar surface area (TPSA) is 26.0 Å². The normalized spacial score (nSPS) is 27.4. The number of benzene rings is 1. The summed E-state index contributed by atoms with van der Waals surface area (Å²) in [5.74, 6) is -3.09. The quantitative estimate of drug-likeness (QED) is 0.635. The SMILES string of the molecule is CCCC1CCCC(N)(c2ccc(F)c(F)c2F)CC1. The van der Waals surface area contributed by atoms with Crippen molar-refractivity contribution in [2.75, 3.05) is 0 Å². The van der Waals surface area contributed by atoms with E-state index in [1.54, 1.807) is 0 Å². The van der Waals surface area contributed by atoms with Crippen LogP contribution in [0.4, 0.5) is 13.2 Å². The van der Waals surface area contributed by atoms with E-state index in [1.165, 1.54) is 6.07 Å². The highest BCUT2D eigenvalue weighted by molar-refractivity contribution is 5.28. The molecule has 1 aliphatic carbocycles.